The van der Waals surface area contributed by atoms with Crippen molar-refractivity contribution >= 4 is 22.6 Å². The Hall–Kier alpha value is -3.15. The zero-order valence-corrected chi connectivity index (χ0v) is 18.9. The van der Waals surface area contributed by atoms with Crippen LogP contribution in [0, 0.1) is 11.3 Å². The summed E-state index contributed by atoms with van der Waals surface area (Å²) in [6.45, 7) is 2.52. The van der Waals surface area contributed by atoms with Crippen molar-refractivity contribution in [3.8, 4) is 6.07 Å². The lowest BCUT2D eigenvalue weighted by molar-refractivity contribution is -0.124. The third-order valence-corrected chi connectivity index (χ3v) is 7.03. The number of aromatic nitrogens is 1. The molecule has 8 heteroatoms. The highest BCUT2D eigenvalue weighted by molar-refractivity contribution is 5.83. The Balaban J connectivity index is 1.27. The molecule has 1 aromatic heterocycles. The molecule has 5 rings (SSSR count). The molecular weight excluding hydrogens is 420 g/mol. The average molecular weight is 449 g/mol. The molecule has 3 aliphatic rings. The molecule has 2 saturated heterocycles. The van der Waals surface area contributed by atoms with Gasteiger partial charge in [-0.25, -0.2) is 4.79 Å². The molecule has 0 bridgehead atoms. The lowest BCUT2D eigenvalue weighted by Gasteiger charge is -2.27. The molecule has 172 valence electrons. The molecule has 2 fully saturated rings. The van der Waals surface area contributed by atoms with Crippen molar-refractivity contribution in [3.05, 3.63) is 52.0 Å². The van der Waals surface area contributed by atoms with E-state index in [1.165, 1.54) is 10.1 Å². The lowest BCUT2D eigenvalue weighted by Crippen LogP contribution is -2.52. The molecule has 8 nitrogen and oxygen atoms in total. The number of hydrogen-bond acceptors (Lipinski definition) is 6. The molecule has 0 saturated carbocycles. The maximum Gasteiger partial charge on any atom is 0.419 e. The number of benzene rings is 1. The Morgan fingerprint density at radius 1 is 1.36 bits per heavy atom. The number of nitriles is 1. The van der Waals surface area contributed by atoms with E-state index < -0.39 is 5.54 Å². The molecule has 2 aromatic rings. The molecule has 0 spiro atoms. The first-order valence-electron chi connectivity index (χ1n) is 11.4. The van der Waals surface area contributed by atoms with Crippen LogP contribution >= 0.6 is 0 Å². The Labute approximate surface area is 191 Å². The maximum atomic E-state index is 12.8. The Kier molecular flexibility index (Phi) is 5.47. The third-order valence-electron chi connectivity index (χ3n) is 7.03. The zero-order valence-electron chi connectivity index (χ0n) is 18.9. The van der Waals surface area contributed by atoms with E-state index >= 15 is 0 Å². The summed E-state index contributed by atoms with van der Waals surface area (Å²) < 4.78 is 12.4. The van der Waals surface area contributed by atoms with Crippen LogP contribution in [0.2, 0.25) is 0 Å². The highest BCUT2D eigenvalue weighted by Gasteiger charge is 2.42. The van der Waals surface area contributed by atoms with Gasteiger partial charge in [-0.1, -0.05) is 23.8 Å². The second kappa shape index (κ2) is 8.32. The minimum absolute atomic E-state index is 0.0994. The van der Waals surface area contributed by atoms with Crippen LogP contribution in [-0.2, 0) is 16.6 Å². The molecule has 1 amide bonds. The quantitative estimate of drug-likeness (QED) is 0.728. The second-order valence-corrected chi connectivity index (χ2v) is 9.50. The predicted octanol–water partition coefficient (Wildman–Crippen LogP) is 2.54. The average Bonchev–Trinajstić information content (AvgIpc) is 3.48. The van der Waals surface area contributed by atoms with E-state index in [-0.39, 0.29) is 29.9 Å². The third kappa shape index (κ3) is 4.14. The van der Waals surface area contributed by atoms with Crippen LogP contribution in [0.4, 0.5) is 0 Å². The summed E-state index contributed by atoms with van der Waals surface area (Å²) in [5.41, 5.74) is 3.71. The van der Waals surface area contributed by atoms with Crippen molar-refractivity contribution in [3.63, 3.8) is 0 Å². The van der Waals surface area contributed by atoms with Crippen LogP contribution in [0.25, 0.3) is 16.7 Å². The van der Waals surface area contributed by atoms with Gasteiger partial charge in [-0.2, -0.15) is 5.26 Å². The van der Waals surface area contributed by atoms with E-state index in [4.69, 9.17) is 9.15 Å². The summed E-state index contributed by atoms with van der Waals surface area (Å²) in [4.78, 5) is 24.6. The molecule has 1 aliphatic carbocycles. The normalized spacial score (nSPS) is 26.3. The van der Waals surface area contributed by atoms with Gasteiger partial charge in [-0.15, -0.1) is 0 Å². The Morgan fingerprint density at radius 2 is 2.21 bits per heavy atom. The Morgan fingerprint density at radius 3 is 2.94 bits per heavy atom. The minimum atomic E-state index is -0.970. The highest BCUT2D eigenvalue weighted by Crippen LogP contribution is 2.32. The van der Waals surface area contributed by atoms with E-state index in [0.29, 0.717) is 18.4 Å². The topological polar surface area (TPSA) is 109 Å². The van der Waals surface area contributed by atoms with Crippen LogP contribution in [0.5, 0.6) is 0 Å². The van der Waals surface area contributed by atoms with Crippen molar-refractivity contribution in [2.75, 3.05) is 6.61 Å². The van der Waals surface area contributed by atoms with Gasteiger partial charge in [0.05, 0.1) is 23.7 Å². The summed E-state index contributed by atoms with van der Waals surface area (Å²) in [6, 6.07) is 7.99. The Bertz CT molecular complexity index is 1250. The summed E-state index contributed by atoms with van der Waals surface area (Å²) in [5, 5.41) is 16.2. The molecule has 0 radical (unpaired) electrons. The number of nitrogens with zero attached hydrogens (tertiary/aromatic N) is 2. The van der Waals surface area contributed by atoms with E-state index in [0.717, 1.165) is 42.5 Å². The summed E-state index contributed by atoms with van der Waals surface area (Å²) in [6.07, 6.45) is 7.89. The zero-order chi connectivity index (χ0) is 23.2. The molecule has 33 heavy (non-hydrogen) atoms. The van der Waals surface area contributed by atoms with Crippen LogP contribution in [0.3, 0.4) is 0 Å². The van der Waals surface area contributed by atoms with Crippen molar-refractivity contribution < 1.29 is 13.9 Å². The fourth-order valence-corrected chi connectivity index (χ4v) is 5.13. The van der Waals surface area contributed by atoms with Crippen molar-refractivity contribution in [2.45, 2.75) is 62.8 Å². The standard InChI is InChI=1S/C25H28N4O4/c1-25(14-26,28-23(30)19-12-22-18(27-19)9-10-32-22)13-15-3-5-16(6-4-15)17-7-8-21-20(11-17)29(2)24(31)33-21/h3,5,7-8,11,18-19,22,27H,4,6,9-10,12-13H2,1-2H3,(H,28,30)/t18-,19+,22?,25+/m0/s1. The van der Waals surface area contributed by atoms with Gasteiger partial charge in [0.2, 0.25) is 5.91 Å². The smallest absolute Gasteiger partial charge is 0.408 e. The molecule has 3 heterocycles. The van der Waals surface area contributed by atoms with Gasteiger partial charge in [-0.3, -0.25) is 9.36 Å². The first-order chi connectivity index (χ1) is 15.8. The highest BCUT2D eigenvalue weighted by atomic mass is 16.5. The summed E-state index contributed by atoms with van der Waals surface area (Å²) in [7, 11) is 1.70. The van der Waals surface area contributed by atoms with E-state index in [1.807, 2.05) is 24.3 Å². The van der Waals surface area contributed by atoms with Gasteiger partial charge in [-0.05, 0) is 55.9 Å². The minimum Gasteiger partial charge on any atom is -0.408 e. The molecule has 2 N–H and O–H groups in total. The van der Waals surface area contributed by atoms with Gasteiger partial charge in [0.25, 0.3) is 0 Å². The molecule has 2 aliphatic heterocycles. The van der Waals surface area contributed by atoms with Crippen LogP contribution in [-0.4, -0.2) is 40.8 Å². The van der Waals surface area contributed by atoms with Crippen molar-refractivity contribution in [1.82, 2.24) is 15.2 Å². The predicted molar refractivity (Wildman–Crippen MR) is 123 cm³/mol. The van der Waals surface area contributed by atoms with Gasteiger partial charge in [0, 0.05) is 26.1 Å². The van der Waals surface area contributed by atoms with Gasteiger partial charge in [0.1, 0.15) is 5.54 Å². The molecule has 1 aromatic carbocycles. The van der Waals surface area contributed by atoms with E-state index in [9.17, 15) is 14.9 Å². The number of amides is 1. The monoisotopic (exact) mass is 448 g/mol. The number of carbonyl (C=O) groups is 1. The number of fused-ring (bicyclic) bond motifs is 2. The van der Waals surface area contributed by atoms with E-state index in [1.54, 1.807) is 14.0 Å². The fourth-order valence-electron chi connectivity index (χ4n) is 5.13. The summed E-state index contributed by atoms with van der Waals surface area (Å²) in [5.74, 6) is -0.507. The van der Waals surface area contributed by atoms with Gasteiger partial charge < -0.3 is 19.8 Å². The summed E-state index contributed by atoms with van der Waals surface area (Å²) >= 11 is 0. The largest absolute Gasteiger partial charge is 0.419 e. The lowest BCUT2D eigenvalue weighted by atomic mass is 9.86. The molecule has 1 unspecified atom stereocenters. The van der Waals surface area contributed by atoms with E-state index in [2.05, 4.69) is 22.8 Å². The second-order valence-electron chi connectivity index (χ2n) is 9.50. The number of ether oxygens (including phenoxy) is 1. The van der Waals surface area contributed by atoms with Crippen LogP contribution in [0.15, 0.2) is 45.1 Å². The number of rotatable bonds is 5. The fraction of sp³-hybridized carbons (Fsp3) is 0.480. The first-order valence-corrected chi connectivity index (χ1v) is 11.4. The first kappa shape index (κ1) is 21.7. The number of oxazole rings is 1. The maximum absolute atomic E-state index is 12.8. The van der Waals surface area contributed by atoms with Crippen molar-refractivity contribution in [1.29, 1.82) is 5.26 Å². The number of carbonyl (C=O) groups excluding carboxylic acids is 1. The number of aryl methyl sites for hydroxylation is 1. The van der Waals surface area contributed by atoms with Gasteiger partial charge >= 0.3 is 5.76 Å². The number of hydrogen-bond donors (Lipinski definition) is 2. The molecule has 4 atom stereocenters. The van der Waals surface area contributed by atoms with Crippen LogP contribution in [0.1, 0.15) is 44.6 Å². The number of allylic oxidation sites excluding steroid dienone is 3. The number of nitrogens with one attached hydrogen (secondary N) is 2. The SMILES string of the molecule is Cn1c(=O)oc2ccc(C3=CC=C(C[C@](C)(C#N)NC(=O)[C@H]4CC5OCC[C@@H]5N4)CC3)cc21. The van der Waals surface area contributed by atoms with Gasteiger partial charge in [0.15, 0.2) is 5.58 Å². The van der Waals surface area contributed by atoms with Crippen LogP contribution < -0.4 is 16.4 Å². The van der Waals surface area contributed by atoms with Crippen molar-refractivity contribution in [2.24, 2.45) is 7.05 Å². The molecular formula is C25H28N4O4.